The molecule has 2 aromatic rings. The zero-order valence-corrected chi connectivity index (χ0v) is 12.0. The van der Waals surface area contributed by atoms with Gasteiger partial charge in [-0.1, -0.05) is 24.3 Å². The Hall–Kier alpha value is -2.08. The number of hydrogen-bond acceptors (Lipinski definition) is 4. The summed E-state index contributed by atoms with van der Waals surface area (Å²) in [6.07, 6.45) is 3.61. The Labute approximate surface area is 125 Å². The summed E-state index contributed by atoms with van der Waals surface area (Å²) < 4.78 is 0. The molecule has 1 aliphatic heterocycles. The molecule has 0 bridgehead atoms. The molecule has 1 aromatic carbocycles. The average molecular weight is 302 g/mol. The number of carboxylic acid groups (broad SMARTS) is 1. The summed E-state index contributed by atoms with van der Waals surface area (Å²) in [5.41, 5.74) is -0.760. The van der Waals surface area contributed by atoms with Crippen LogP contribution in [0.15, 0.2) is 36.7 Å². The van der Waals surface area contributed by atoms with Crippen LogP contribution in [-0.2, 0) is 4.79 Å². The number of pyridine rings is 1. The summed E-state index contributed by atoms with van der Waals surface area (Å²) >= 11 is 1.54. The van der Waals surface area contributed by atoms with E-state index in [1.165, 1.54) is 18.0 Å². The SMILES string of the molecule is O=C(NC1(C(=O)O)CCSC1)c1cncc2ccccc12. The molecular weight excluding hydrogens is 288 g/mol. The van der Waals surface area contributed by atoms with Gasteiger partial charge in [0.05, 0.1) is 5.56 Å². The van der Waals surface area contributed by atoms with Gasteiger partial charge in [-0.15, -0.1) is 0 Å². The van der Waals surface area contributed by atoms with Crippen LogP contribution in [0.3, 0.4) is 0 Å². The van der Waals surface area contributed by atoms with Gasteiger partial charge in [0.1, 0.15) is 5.54 Å². The standard InChI is InChI=1S/C15H14N2O3S/c18-13(17-15(14(19)20)5-6-21-9-15)12-8-16-7-10-3-1-2-4-11(10)12/h1-4,7-8H,5-6,9H2,(H,17,18)(H,19,20). The fourth-order valence-corrected chi connectivity index (χ4v) is 3.79. The van der Waals surface area contributed by atoms with E-state index in [1.807, 2.05) is 24.3 Å². The van der Waals surface area contributed by atoms with E-state index in [1.54, 1.807) is 6.20 Å². The summed E-state index contributed by atoms with van der Waals surface area (Å²) in [6.45, 7) is 0. The van der Waals surface area contributed by atoms with Crippen molar-refractivity contribution in [3.05, 3.63) is 42.2 Å². The second kappa shape index (κ2) is 5.37. The first-order valence-corrected chi connectivity index (χ1v) is 7.74. The van der Waals surface area contributed by atoms with Crippen molar-refractivity contribution in [2.75, 3.05) is 11.5 Å². The molecule has 0 saturated carbocycles. The van der Waals surface area contributed by atoms with Crippen molar-refractivity contribution < 1.29 is 14.7 Å². The van der Waals surface area contributed by atoms with E-state index in [0.29, 0.717) is 17.7 Å². The highest BCUT2D eigenvalue weighted by molar-refractivity contribution is 7.99. The maximum absolute atomic E-state index is 12.5. The Kier molecular flexibility index (Phi) is 3.55. The number of nitrogens with zero attached hydrogens (tertiary/aromatic N) is 1. The fourth-order valence-electron chi connectivity index (χ4n) is 2.47. The van der Waals surface area contributed by atoms with E-state index >= 15 is 0 Å². The van der Waals surface area contributed by atoms with Gasteiger partial charge in [0, 0.05) is 23.5 Å². The van der Waals surface area contributed by atoms with E-state index in [-0.39, 0.29) is 5.91 Å². The number of aliphatic carboxylic acids is 1. The number of carbonyl (C=O) groups is 2. The average Bonchev–Trinajstić information content (AvgIpc) is 2.96. The third-order valence-corrected chi connectivity index (χ3v) is 4.89. The second-order valence-electron chi connectivity index (χ2n) is 5.05. The number of nitrogens with one attached hydrogen (secondary N) is 1. The molecule has 2 heterocycles. The van der Waals surface area contributed by atoms with Gasteiger partial charge in [-0.2, -0.15) is 11.8 Å². The molecule has 0 spiro atoms. The van der Waals surface area contributed by atoms with Gasteiger partial charge in [-0.05, 0) is 17.6 Å². The number of benzene rings is 1. The van der Waals surface area contributed by atoms with Crippen LogP contribution in [0.25, 0.3) is 10.8 Å². The van der Waals surface area contributed by atoms with Crippen molar-refractivity contribution in [2.24, 2.45) is 0 Å². The number of fused-ring (bicyclic) bond motifs is 1. The van der Waals surface area contributed by atoms with Crippen LogP contribution < -0.4 is 5.32 Å². The van der Waals surface area contributed by atoms with Gasteiger partial charge < -0.3 is 10.4 Å². The molecule has 1 saturated heterocycles. The van der Waals surface area contributed by atoms with E-state index in [2.05, 4.69) is 10.3 Å². The van der Waals surface area contributed by atoms with Crippen LogP contribution in [0.4, 0.5) is 0 Å². The highest BCUT2D eigenvalue weighted by Gasteiger charge is 2.43. The first kappa shape index (κ1) is 13.9. The molecule has 108 valence electrons. The van der Waals surface area contributed by atoms with Gasteiger partial charge in [0.15, 0.2) is 0 Å². The molecule has 0 radical (unpaired) electrons. The number of thioether (sulfide) groups is 1. The minimum Gasteiger partial charge on any atom is -0.479 e. The fraction of sp³-hybridized carbons (Fsp3) is 0.267. The van der Waals surface area contributed by atoms with Crippen molar-refractivity contribution in [1.29, 1.82) is 0 Å². The van der Waals surface area contributed by atoms with Crippen LogP contribution >= 0.6 is 11.8 Å². The normalized spacial score (nSPS) is 21.3. The Bertz CT molecular complexity index is 706. The maximum atomic E-state index is 12.5. The van der Waals surface area contributed by atoms with Crippen molar-refractivity contribution >= 4 is 34.4 Å². The molecule has 21 heavy (non-hydrogen) atoms. The van der Waals surface area contributed by atoms with E-state index in [9.17, 15) is 14.7 Å². The monoisotopic (exact) mass is 302 g/mol. The summed E-state index contributed by atoms with van der Waals surface area (Å²) in [5.74, 6) is -0.231. The van der Waals surface area contributed by atoms with Crippen LogP contribution in [0.2, 0.25) is 0 Å². The summed E-state index contributed by atoms with van der Waals surface area (Å²) in [6, 6.07) is 7.43. The zero-order valence-electron chi connectivity index (χ0n) is 11.2. The van der Waals surface area contributed by atoms with E-state index in [0.717, 1.165) is 16.5 Å². The van der Waals surface area contributed by atoms with Crippen molar-refractivity contribution in [3.63, 3.8) is 0 Å². The lowest BCUT2D eigenvalue weighted by molar-refractivity contribution is -0.143. The Morgan fingerprint density at radius 2 is 2.10 bits per heavy atom. The number of carbonyl (C=O) groups excluding carboxylic acids is 1. The van der Waals surface area contributed by atoms with Crippen LogP contribution in [0, 0.1) is 0 Å². The second-order valence-corrected chi connectivity index (χ2v) is 6.16. The lowest BCUT2D eigenvalue weighted by Gasteiger charge is -2.24. The predicted octanol–water partition coefficient (Wildman–Crippen LogP) is 1.92. The highest BCUT2D eigenvalue weighted by Crippen LogP contribution is 2.29. The van der Waals surface area contributed by atoms with Crippen molar-refractivity contribution in [2.45, 2.75) is 12.0 Å². The Balaban J connectivity index is 1.96. The number of aromatic nitrogens is 1. The van der Waals surface area contributed by atoms with E-state index < -0.39 is 11.5 Å². The first-order valence-electron chi connectivity index (χ1n) is 6.59. The van der Waals surface area contributed by atoms with Gasteiger partial charge in [-0.25, -0.2) is 4.79 Å². The minimum atomic E-state index is -1.17. The highest BCUT2D eigenvalue weighted by atomic mass is 32.2. The smallest absolute Gasteiger partial charge is 0.330 e. The largest absolute Gasteiger partial charge is 0.479 e. The molecule has 1 aliphatic rings. The summed E-state index contributed by atoms with van der Waals surface area (Å²) in [5, 5.41) is 13.8. The quantitative estimate of drug-likeness (QED) is 0.905. The molecule has 5 nitrogen and oxygen atoms in total. The molecule has 1 aromatic heterocycles. The topological polar surface area (TPSA) is 79.3 Å². The molecule has 1 amide bonds. The van der Waals surface area contributed by atoms with Gasteiger partial charge in [0.2, 0.25) is 0 Å². The van der Waals surface area contributed by atoms with Crippen LogP contribution in [-0.4, -0.2) is 39.0 Å². The predicted molar refractivity (Wildman–Crippen MR) is 81.5 cm³/mol. The molecule has 2 N–H and O–H groups in total. The molecule has 1 atom stereocenters. The number of hydrogen-bond donors (Lipinski definition) is 2. The Morgan fingerprint density at radius 1 is 1.29 bits per heavy atom. The number of amides is 1. The lowest BCUT2D eigenvalue weighted by atomic mass is 9.98. The number of rotatable bonds is 3. The van der Waals surface area contributed by atoms with Gasteiger partial charge >= 0.3 is 5.97 Å². The Morgan fingerprint density at radius 3 is 2.81 bits per heavy atom. The zero-order chi connectivity index (χ0) is 14.9. The van der Waals surface area contributed by atoms with Gasteiger partial charge in [-0.3, -0.25) is 9.78 Å². The summed E-state index contributed by atoms with van der Waals surface area (Å²) in [4.78, 5) is 28.1. The molecule has 1 unspecified atom stereocenters. The minimum absolute atomic E-state index is 0.385. The first-order chi connectivity index (χ1) is 10.1. The van der Waals surface area contributed by atoms with Crippen LogP contribution in [0.5, 0.6) is 0 Å². The summed E-state index contributed by atoms with van der Waals surface area (Å²) in [7, 11) is 0. The molecule has 1 fully saturated rings. The molecule has 6 heteroatoms. The molecule has 3 rings (SSSR count). The third-order valence-electron chi connectivity index (χ3n) is 3.70. The van der Waals surface area contributed by atoms with Crippen LogP contribution in [0.1, 0.15) is 16.8 Å². The molecular formula is C15H14N2O3S. The van der Waals surface area contributed by atoms with Crippen molar-refractivity contribution in [3.8, 4) is 0 Å². The van der Waals surface area contributed by atoms with Crippen molar-refractivity contribution in [1.82, 2.24) is 10.3 Å². The maximum Gasteiger partial charge on any atom is 0.330 e. The van der Waals surface area contributed by atoms with Gasteiger partial charge in [0.25, 0.3) is 5.91 Å². The third kappa shape index (κ3) is 2.47. The number of carboxylic acids is 1. The lowest BCUT2D eigenvalue weighted by Crippen LogP contribution is -2.54. The van der Waals surface area contributed by atoms with E-state index in [4.69, 9.17) is 0 Å². The molecule has 0 aliphatic carbocycles.